The molecule has 1 fully saturated rings. The molecule has 0 spiro atoms. The molecule has 152 valence electrons. The molecule has 1 saturated heterocycles. The van der Waals surface area contributed by atoms with E-state index in [0.29, 0.717) is 11.3 Å². The summed E-state index contributed by atoms with van der Waals surface area (Å²) in [6, 6.07) is 14.6. The van der Waals surface area contributed by atoms with Crippen molar-refractivity contribution in [3.63, 3.8) is 0 Å². The zero-order valence-corrected chi connectivity index (χ0v) is 17.5. The van der Waals surface area contributed by atoms with E-state index in [-0.39, 0.29) is 5.78 Å². The lowest BCUT2D eigenvalue weighted by Gasteiger charge is -2.31. The first kappa shape index (κ1) is 20.8. The van der Waals surface area contributed by atoms with Crippen molar-refractivity contribution >= 4 is 23.3 Å². The van der Waals surface area contributed by atoms with Crippen LogP contribution >= 0.6 is 0 Å². The van der Waals surface area contributed by atoms with E-state index in [1.54, 1.807) is 45.0 Å². The number of benzene rings is 2. The maximum absolute atomic E-state index is 13.1. The lowest BCUT2D eigenvalue weighted by Crippen LogP contribution is -2.42. The Bertz CT molecular complexity index is 928. The molecular weight excluding hydrogens is 366 g/mol. The highest BCUT2D eigenvalue weighted by molar-refractivity contribution is 6.07. The molecule has 1 N–H and O–H groups in total. The Balaban J connectivity index is 1.87. The number of hydrogen-bond acceptors (Lipinski definition) is 4. The summed E-state index contributed by atoms with van der Waals surface area (Å²) < 4.78 is 5.53. The molecule has 0 radical (unpaired) electrons. The van der Waals surface area contributed by atoms with Crippen molar-refractivity contribution in [1.29, 1.82) is 0 Å². The molecule has 3 atom stereocenters. The number of anilines is 1. The van der Waals surface area contributed by atoms with Gasteiger partial charge in [0.05, 0.1) is 0 Å². The molecule has 0 aromatic heterocycles. The van der Waals surface area contributed by atoms with Gasteiger partial charge in [-0.15, -0.1) is 0 Å². The van der Waals surface area contributed by atoms with Gasteiger partial charge >= 0.3 is 5.97 Å². The highest BCUT2D eigenvalue weighted by atomic mass is 16.6. The van der Waals surface area contributed by atoms with Crippen molar-refractivity contribution in [3.05, 3.63) is 65.2 Å². The maximum Gasteiger partial charge on any atom is 0.319 e. The Morgan fingerprint density at radius 3 is 2.03 bits per heavy atom. The first-order valence-corrected chi connectivity index (χ1v) is 9.81. The van der Waals surface area contributed by atoms with Crippen LogP contribution in [0.15, 0.2) is 48.5 Å². The standard InChI is InChI=1S/C24H27NO4/c1-14-6-10-17(11-7-14)21(26)16(3)20-19(23(28)29-24(20,4)5)22(27)25-18-12-8-15(2)9-13-18/h6-13,16,19-20H,1-5H3,(H,25,27)/t16-,19-,20-/m1/s1. The summed E-state index contributed by atoms with van der Waals surface area (Å²) in [6.45, 7) is 9.19. The SMILES string of the molecule is Cc1ccc(NC(=O)[C@@H]2C(=O)OC(C)(C)[C@@H]2[C@@H](C)C(=O)c2ccc(C)cc2)cc1. The fourth-order valence-electron chi connectivity index (χ4n) is 4.10. The van der Waals surface area contributed by atoms with Crippen molar-refractivity contribution < 1.29 is 19.1 Å². The maximum atomic E-state index is 13.1. The molecule has 0 bridgehead atoms. The summed E-state index contributed by atoms with van der Waals surface area (Å²) in [7, 11) is 0. The number of cyclic esters (lactones) is 1. The third-order valence-electron chi connectivity index (χ3n) is 5.67. The predicted octanol–water partition coefficient (Wildman–Crippen LogP) is 4.33. The van der Waals surface area contributed by atoms with E-state index in [0.717, 1.165) is 11.1 Å². The quantitative estimate of drug-likeness (QED) is 0.466. The highest BCUT2D eigenvalue weighted by Crippen LogP contribution is 2.43. The summed E-state index contributed by atoms with van der Waals surface area (Å²) in [4.78, 5) is 38.7. The molecule has 5 heteroatoms. The van der Waals surface area contributed by atoms with Gasteiger partial charge in [-0.1, -0.05) is 54.4 Å². The summed E-state index contributed by atoms with van der Waals surface area (Å²) in [5.74, 6) is -3.32. The molecule has 0 saturated carbocycles. The van der Waals surface area contributed by atoms with Crippen LogP contribution in [0.3, 0.4) is 0 Å². The minimum absolute atomic E-state index is 0.102. The highest BCUT2D eigenvalue weighted by Gasteiger charge is 2.56. The van der Waals surface area contributed by atoms with Crippen LogP contribution in [0.5, 0.6) is 0 Å². The Kier molecular flexibility index (Phi) is 5.60. The molecule has 1 aliphatic heterocycles. The van der Waals surface area contributed by atoms with Gasteiger partial charge in [0.2, 0.25) is 5.91 Å². The summed E-state index contributed by atoms with van der Waals surface area (Å²) in [5, 5.41) is 2.80. The minimum atomic E-state index is -1.05. The summed E-state index contributed by atoms with van der Waals surface area (Å²) >= 11 is 0. The largest absolute Gasteiger partial charge is 0.459 e. The molecule has 0 aliphatic carbocycles. The number of amides is 1. The first-order chi connectivity index (χ1) is 13.6. The molecule has 3 rings (SSSR count). The van der Waals surface area contributed by atoms with Crippen molar-refractivity contribution in [2.75, 3.05) is 5.32 Å². The smallest absolute Gasteiger partial charge is 0.319 e. The van der Waals surface area contributed by atoms with E-state index in [1.165, 1.54) is 0 Å². The number of nitrogens with one attached hydrogen (secondary N) is 1. The van der Waals surface area contributed by atoms with E-state index < -0.39 is 35.2 Å². The van der Waals surface area contributed by atoms with E-state index in [2.05, 4.69) is 5.32 Å². The number of carbonyl (C=O) groups excluding carboxylic acids is 3. The van der Waals surface area contributed by atoms with Crippen LogP contribution in [0.2, 0.25) is 0 Å². The van der Waals surface area contributed by atoms with Gasteiger partial charge in [-0.3, -0.25) is 14.4 Å². The molecule has 1 amide bonds. The molecular formula is C24H27NO4. The van der Waals surface area contributed by atoms with Gasteiger partial charge in [0, 0.05) is 23.1 Å². The number of carbonyl (C=O) groups is 3. The number of ketones is 1. The zero-order chi connectivity index (χ0) is 21.3. The Morgan fingerprint density at radius 2 is 1.48 bits per heavy atom. The number of Topliss-reactive ketones (excluding diaryl/α,β-unsaturated/α-hetero) is 1. The van der Waals surface area contributed by atoms with Crippen molar-refractivity contribution in [3.8, 4) is 0 Å². The van der Waals surface area contributed by atoms with E-state index in [9.17, 15) is 14.4 Å². The van der Waals surface area contributed by atoms with E-state index in [4.69, 9.17) is 4.74 Å². The second-order valence-electron chi connectivity index (χ2n) is 8.40. The fourth-order valence-corrected chi connectivity index (χ4v) is 4.10. The van der Waals surface area contributed by atoms with Crippen LogP contribution in [0, 0.1) is 31.6 Å². The Hall–Kier alpha value is -2.95. The van der Waals surface area contributed by atoms with Crippen LogP contribution in [0.1, 0.15) is 42.3 Å². The van der Waals surface area contributed by atoms with Crippen molar-refractivity contribution in [2.45, 2.75) is 40.2 Å². The second kappa shape index (κ2) is 7.82. The normalized spacial score (nSPS) is 21.3. The van der Waals surface area contributed by atoms with Gasteiger partial charge in [0.15, 0.2) is 5.78 Å². The third-order valence-corrected chi connectivity index (χ3v) is 5.67. The molecule has 2 aromatic carbocycles. The van der Waals surface area contributed by atoms with E-state index in [1.807, 2.05) is 38.1 Å². The van der Waals surface area contributed by atoms with Gasteiger partial charge in [0.25, 0.3) is 0 Å². The van der Waals surface area contributed by atoms with Gasteiger partial charge in [0.1, 0.15) is 11.5 Å². The number of esters is 1. The minimum Gasteiger partial charge on any atom is -0.459 e. The number of hydrogen-bond donors (Lipinski definition) is 1. The third kappa shape index (κ3) is 4.24. The van der Waals surface area contributed by atoms with Crippen molar-refractivity contribution in [2.24, 2.45) is 17.8 Å². The predicted molar refractivity (Wildman–Crippen MR) is 112 cm³/mol. The summed E-state index contributed by atoms with van der Waals surface area (Å²) in [6.07, 6.45) is 0. The molecule has 1 heterocycles. The molecule has 1 aliphatic rings. The Labute approximate surface area is 171 Å². The van der Waals surface area contributed by atoms with Gasteiger partial charge in [-0.25, -0.2) is 0 Å². The fraction of sp³-hybridized carbons (Fsp3) is 0.375. The number of aryl methyl sites for hydroxylation is 2. The number of ether oxygens (including phenoxy) is 1. The molecule has 2 aromatic rings. The number of rotatable bonds is 5. The second-order valence-corrected chi connectivity index (χ2v) is 8.40. The van der Waals surface area contributed by atoms with Gasteiger partial charge < -0.3 is 10.1 Å². The average molecular weight is 393 g/mol. The molecule has 0 unspecified atom stereocenters. The van der Waals surface area contributed by atoms with Crippen LogP contribution in [0.4, 0.5) is 5.69 Å². The molecule has 5 nitrogen and oxygen atoms in total. The lowest BCUT2D eigenvalue weighted by molar-refractivity contribution is -0.150. The van der Waals surface area contributed by atoms with Crippen molar-refractivity contribution in [1.82, 2.24) is 0 Å². The van der Waals surface area contributed by atoms with Crippen LogP contribution in [0.25, 0.3) is 0 Å². The summed E-state index contributed by atoms with van der Waals surface area (Å²) in [5.41, 5.74) is 2.38. The lowest BCUT2D eigenvalue weighted by atomic mass is 9.72. The molecule has 29 heavy (non-hydrogen) atoms. The van der Waals surface area contributed by atoms with E-state index >= 15 is 0 Å². The van der Waals surface area contributed by atoms with Crippen LogP contribution < -0.4 is 5.32 Å². The first-order valence-electron chi connectivity index (χ1n) is 9.81. The Morgan fingerprint density at radius 1 is 0.966 bits per heavy atom. The topological polar surface area (TPSA) is 72.5 Å². The van der Waals surface area contributed by atoms with Crippen LogP contribution in [-0.4, -0.2) is 23.3 Å². The van der Waals surface area contributed by atoms with Crippen LogP contribution in [-0.2, 0) is 14.3 Å². The zero-order valence-electron chi connectivity index (χ0n) is 17.5. The van der Waals surface area contributed by atoms with Gasteiger partial charge in [-0.2, -0.15) is 0 Å². The monoisotopic (exact) mass is 393 g/mol. The van der Waals surface area contributed by atoms with Gasteiger partial charge in [-0.05, 0) is 39.8 Å². The average Bonchev–Trinajstić information content (AvgIpc) is 2.91.